The van der Waals surface area contributed by atoms with Crippen molar-refractivity contribution in [1.29, 1.82) is 0 Å². The quantitative estimate of drug-likeness (QED) is 0.779. The van der Waals surface area contributed by atoms with E-state index in [4.69, 9.17) is 4.74 Å². The monoisotopic (exact) mass is 307 g/mol. The summed E-state index contributed by atoms with van der Waals surface area (Å²) in [6, 6.07) is 13.6. The number of benzene rings is 2. The average Bonchev–Trinajstić information content (AvgIpc) is 3.18. The third kappa shape index (κ3) is 2.54. The molecule has 1 heterocycles. The van der Waals surface area contributed by atoms with Gasteiger partial charge in [0.05, 0.1) is 24.5 Å². The fraction of sp³-hybridized carbons (Fsp3) is 0.222. The molecule has 0 spiro atoms. The van der Waals surface area contributed by atoms with Crippen LogP contribution in [0, 0.1) is 0 Å². The van der Waals surface area contributed by atoms with Gasteiger partial charge < -0.3 is 15.0 Å². The zero-order valence-corrected chi connectivity index (χ0v) is 12.7. The largest absolute Gasteiger partial charge is 0.496 e. The van der Waals surface area contributed by atoms with E-state index in [-0.39, 0.29) is 11.9 Å². The van der Waals surface area contributed by atoms with Crippen molar-refractivity contribution in [3.05, 3.63) is 59.9 Å². The molecule has 23 heavy (non-hydrogen) atoms. The van der Waals surface area contributed by atoms with Gasteiger partial charge in [0.2, 0.25) is 0 Å². The van der Waals surface area contributed by atoms with Crippen molar-refractivity contribution in [2.45, 2.75) is 18.4 Å². The van der Waals surface area contributed by atoms with Crippen LogP contribution in [0.5, 0.6) is 5.75 Å². The molecular weight excluding hydrogens is 290 g/mol. The van der Waals surface area contributed by atoms with Gasteiger partial charge in [-0.3, -0.25) is 4.79 Å². The Morgan fingerprint density at radius 1 is 1.30 bits per heavy atom. The van der Waals surface area contributed by atoms with Gasteiger partial charge in [0.15, 0.2) is 0 Å². The van der Waals surface area contributed by atoms with E-state index < -0.39 is 0 Å². The van der Waals surface area contributed by atoms with Gasteiger partial charge >= 0.3 is 0 Å². The number of methoxy groups -OCH3 is 1. The fourth-order valence-corrected chi connectivity index (χ4v) is 3.00. The van der Waals surface area contributed by atoms with Crippen LogP contribution in [0.4, 0.5) is 0 Å². The first-order valence-corrected chi connectivity index (χ1v) is 7.63. The van der Waals surface area contributed by atoms with Crippen molar-refractivity contribution in [2.24, 2.45) is 0 Å². The molecule has 2 aromatic carbocycles. The van der Waals surface area contributed by atoms with Crippen LogP contribution in [0.2, 0.25) is 0 Å². The number of nitrogens with zero attached hydrogens (tertiary/aromatic N) is 1. The number of hydrogen-bond donors (Lipinski definition) is 2. The van der Waals surface area contributed by atoms with Crippen molar-refractivity contribution >= 4 is 16.9 Å². The highest BCUT2D eigenvalue weighted by Crippen LogP contribution is 2.44. The zero-order valence-electron chi connectivity index (χ0n) is 12.7. The number of carbonyl (C=O) groups is 1. The fourth-order valence-electron chi connectivity index (χ4n) is 3.00. The van der Waals surface area contributed by atoms with Crippen LogP contribution < -0.4 is 10.1 Å². The van der Waals surface area contributed by atoms with E-state index >= 15 is 0 Å². The van der Waals surface area contributed by atoms with Gasteiger partial charge in [-0.1, -0.05) is 18.2 Å². The van der Waals surface area contributed by atoms with Crippen LogP contribution in [0.15, 0.2) is 48.8 Å². The van der Waals surface area contributed by atoms with Crippen LogP contribution in [0.1, 0.15) is 28.3 Å². The molecule has 0 bridgehead atoms. The number of aromatic amines is 1. The van der Waals surface area contributed by atoms with Gasteiger partial charge in [0.25, 0.3) is 5.91 Å². The third-order valence-corrected chi connectivity index (χ3v) is 4.33. The SMILES string of the molecule is COc1ccccc1[C@H]1C[C@H]1NC(=O)c1ccc2nc[nH]c2c1. The molecule has 0 saturated heterocycles. The summed E-state index contributed by atoms with van der Waals surface area (Å²) in [5.74, 6) is 1.16. The molecule has 0 unspecified atom stereocenters. The maximum Gasteiger partial charge on any atom is 0.251 e. The Kier molecular flexibility index (Phi) is 3.26. The van der Waals surface area contributed by atoms with Gasteiger partial charge in [0, 0.05) is 17.5 Å². The van der Waals surface area contributed by atoms with E-state index in [0.717, 1.165) is 28.8 Å². The number of ether oxygens (including phenoxy) is 1. The van der Waals surface area contributed by atoms with Gasteiger partial charge in [-0.05, 0) is 36.2 Å². The van der Waals surface area contributed by atoms with Crippen molar-refractivity contribution in [1.82, 2.24) is 15.3 Å². The van der Waals surface area contributed by atoms with E-state index in [9.17, 15) is 4.79 Å². The number of nitrogens with one attached hydrogen (secondary N) is 2. The minimum atomic E-state index is -0.0519. The lowest BCUT2D eigenvalue weighted by molar-refractivity contribution is 0.0950. The van der Waals surface area contributed by atoms with Crippen molar-refractivity contribution in [3.8, 4) is 5.75 Å². The minimum absolute atomic E-state index is 0.0519. The van der Waals surface area contributed by atoms with Crippen LogP contribution >= 0.6 is 0 Å². The Bertz CT molecular complexity index is 871. The summed E-state index contributed by atoms with van der Waals surface area (Å²) in [5.41, 5.74) is 3.53. The highest BCUT2D eigenvalue weighted by Gasteiger charge is 2.41. The van der Waals surface area contributed by atoms with Crippen LogP contribution in [0.3, 0.4) is 0 Å². The second-order valence-corrected chi connectivity index (χ2v) is 5.80. The molecule has 1 aromatic heterocycles. The average molecular weight is 307 g/mol. The van der Waals surface area contributed by atoms with E-state index in [2.05, 4.69) is 21.4 Å². The molecule has 5 nitrogen and oxygen atoms in total. The van der Waals surface area contributed by atoms with Crippen molar-refractivity contribution in [2.75, 3.05) is 7.11 Å². The second kappa shape index (κ2) is 5.43. The highest BCUT2D eigenvalue weighted by atomic mass is 16.5. The topological polar surface area (TPSA) is 67.0 Å². The molecule has 116 valence electrons. The third-order valence-electron chi connectivity index (χ3n) is 4.33. The maximum absolute atomic E-state index is 12.4. The van der Waals surface area contributed by atoms with Crippen LogP contribution in [-0.2, 0) is 0 Å². The zero-order chi connectivity index (χ0) is 15.8. The first-order valence-electron chi connectivity index (χ1n) is 7.63. The number of imidazole rings is 1. The number of H-pyrrole nitrogens is 1. The number of hydrogen-bond acceptors (Lipinski definition) is 3. The Labute approximate surface area is 133 Å². The van der Waals surface area contributed by atoms with Gasteiger partial charge in [-0.2, -0.15) is 0 Å². The molecule has 1 aliphatic carbocycles. The lowest BCUT2D eigenvalue weighted by atomic mass is 10.1. The lowest BCUT2D eigenvalue weighted by Gasteiger charge is -2.08. The van der Waals surface area contributed by atoms with E-state index in [1.807, 2.05) is 30.3 Å². The molecule has 0 radical (unpaired) electrons. The van der Waals surface area contributed by atoms with Gasteiger partial charge in [0.1, 0.15) is 5.75 Å². The Morgan fingerprint density at radius 3 is 3.04 bits per heavy atom. The van der Waals surface area contributed by atoms with Crippen molar-refractivity contribution in [3.63, 3.8) is 0 Å². The number of para-hydroxylation sites is 1. The Hall–Kier alpha value is -2.82. The number of fused-ring (bicyclic) bond motifs is 1. The van der Waals surface area contributed by atoms with Crippen molar-refractivity contribution < 1.29 is 9.53 Å². The molecule has 4 rings (SSSR count). The smallest absolute Gasteiger partial charge is 0.251 e. The molecule has 5 heteroatoms. The minimum Gasteiger partial charge on any atom is -0.496 e. The molecule has 1 saturated carbocycles. The normalized spacial score (nSPS) is 19.5. The second-order valence-electron chi connectivity index (χ2n) is 5.80. The molecule has 2 atom stereocenters. The summed E-state index contributed by atoms with van der Waals surface area (Å²) in [4.78, 5) is 19.6. The highest BCUT2D eigenvalue weighted by molar-refractivity contribution is 5.97. The van der Waals surface area contributed by atoms with Gasteiger partial charge in [-0.25, -0.2) is 4.98 Å². The molecule has 2 N–H and O–H groups in total. The number of rotatable bonds is 4. The first-order chi connectivity index (χ1) is 11.3. The number of aromatic nitrogens is 2. The molecule has 3 aromatic rings. The summed E-state index contributed by atoms with van der Waals surface area (Å²) in [6.07, 6.45) is 2.57. The predicted octanol–water partition coefficient (Wildman–Crippen LogP) is 2.86. The Balaban J connectivity index is 1.48. The van der Waals surface area contributed by atoms with E-state index in [1.54, 1.807) is 19.5 Å². The molecule has 0 aliphatic heterocycles. The summed E-state index contributed by atoms with van der Waals surface area (Å²) in [6.45, 7) is 0. The predicted molar refractivity (Wildman–Crippen MR) is 87.7 cm³/mol. The number of amides is 1. The lowest BCUT2D eigenvalue weighted by Crippen LogP contribution is -2.26. The summed E-state index contributed by atoms with van der Waals surface area (Å²) < 4.78 is 5.40. The molecular formula is C18H17N3O2. The molecule has 1 fully saturated rings. The van der Waals surface area contributed by atoms with E-state index in [1.165, 1.54) is 0 Å². The van der Waals surface area contributed by atoms with Crippen LogP contribution in [-0.4, -0.2) is 29.0 Å². The first kappa shape index (κ1) is 13.8. The van der Waals surface area contributed by atoms with E-state index in [0.29, 0.717) is 11.5 Å². The molecule has 1 amide bonds. The maximum atomic E-state index is 12.4. The van der Waals surface area contributed by atoms with Gasteiger partial charge in [-0.15, -0.1) is 0 Å². The summed E-state index contributed by atoms with van der Waals surface area (Å²) in [5, 5.41) is 3.10. The number of carbonyl (C=O) groups excluding carboxylic acids is 1. The molecule has 1 aliphatic rings. The standard InChI is InChI=1S/C18H17N3O2/c1-23-17-5-3-2-4-12(17)13-9-15(13)21-18(22)11-6-7-14-16(8-11)20-10-19-14/h2-8,10,13,15H,9H2,1H3,(H,19,20)(H,21,22)/t13-,15-/m1/s1. The Morgan fingerprint density at radius 2 is 2.17 bits per heavy atom. The summed E-state index contributed by atoms with van der Waals surface area (Å²) >= 11 is 0. The van der Waals surface area contributed by atoms with Crippen LogP contribution in [0.25, 0.3) is 11.0 Å². The summed E-state index contributed by atoms with van der Waals surface area (Å²) in [7, 11) is 1.68.